The minimum Gasteiger partial charge on any atom is -0.465 e. The summed E-state index contributed by atoms with van der Waals surface area (Å²) in [5, 5.41) is 0. The highest BCUT2D eigenvalue weighted by atomic mass is 32.1. The molecule has 0 aliphatic rings. The lowest BCUT2D eigenvalue weighted by molar-refractivity contribution is 0.0598. The third kappa shape index (κ3) is 3.61. The van der Waals surface area contributed by atoms with Crippen LogP contribution in [-0.2, 0) is 15.9 Å². The van der Waals surface area contributed by atoms with Gasteiger partial charge in [-0.2, -0.15) is 0 Å². The average molecular weight is 270 g/mol. The molecule has 6 heteroatoms. The van der Waals surface area contributed by atoms with Gasteiger partial charge in [0.15, 0.2) is 0 Å². The van der Waals surface area contributed by atoms with Crippen molar-refractivity contribution < 1.29 is 14.3 Å². The lowest BCUT2D eigenvalue weighted by Gasteiger charge is -2.10. The largest absolute Gasteiger partial charge is 0.465 e. The molecule has 0 bridgehead atoms. The zero-order chi connectivity index (χ0) is 13.7. The highest BCUT2D eigenvalue weighted by Crippen LogP contribution is 2.10. The molecule has 0 amide bonds. The Morgan fingerprint density at radius 1 is 1.50 bits per heavy atom. The second-order valence-electron chi connectivity index (χ2n) is 4.07. The Morgan fingerprint density at radius 2 is 2.17 bits per heavy atom. The van der Waals surface area contributed by atoms with E-state index in [1.54, 1.807) is 14.0 Å². The minimum absolute atomic E-state index is 0.161. The molecule has 0 spiro atoms. The number of esters is 1. The minimum atomic E-state index is -0.460. The summed E-state index contributed by atoms with van der Waals surface area (Å²) >= 11 is 5.11. The third-order valence-electron chi connectivity index (χ3n) is 2.74. The summed E-state index contributed by atoms with van der Waals surface area (Å²) in [6.45, 7) is 3.78. The molecule has 5 nitrogen and oxygen atoms in total. The van der Waals surface area contributed by atoms with Crippen LogP contribution in [0.5, 0.6) is 0 Å². The van der Waals surface area contributed by atoms with Crippen molar-refractivity contribution in [3.8, 4) is 0 Å². The number of methoxy groups -OCH3 is 2. The maximum atomic E-state index is 11.5. The van der Waals surface area contributed by atoms with E-state index in [1.165, 1.54) is 7.11 Å². The Balaban J connectivity index is 2.93. The Hall–Kier alpha value is -1.27. The Bertz CT molecular complexity index is 485. The topological polar surface area (TPSA) is 64.2 Å². The highest BCUT2D eigenvalue weighted by Gasteiger charge is 2.14. The molecule has 100 valence electrons. The van der Waals surface area contributed by atoms with E-state index in [1.807, 2.05) is 6.92 Å². The van der Waals surface area contributed by atoms with E-state index in [0.717, 1.165) is 18.7 Å². The van der Waals surface area contributed by atoms with E-state index in [-0.39, 0.29) is 10.7 Å². The van der Waals surface area contributed by atoms with Gasteiger partial charge in [0.2, 0.25) is 0 Å². The molecule has 1 unspecified atom stereocenters. The second-order valence-corrected chi connectivity index (χ2v) is 4.45. The predicted octanol–water partition coefficient (Wildman–Crippen LogP) is 2.20. The van der Waals surface area contributed by atoms with Gasteiger partial charge >= 0.3 is 5.97 Å². The quantitative estimate of drug-likeness (QED) is 0.656. The van der Waals surface area contributed by atoms with Crippen molar-refractivity contribution >= 4 is 18.2 Å². The molecule has 0 radical (unpaired) electrons. The Kier molecular flexibility index (Phi) is 5.43. The van der Waals surface area contributed by atoms with Gasteiger partial charge in [0, 0.05) is 19.2 Å². The van der Waals surface area contributed by atoms with E-state index >= 15 is 0 Å². The summed E-state index contributed by atoms with van der Waals surface area (Å²) in [7, 11) is 3.00. The summed E-state index contributed by atoms with van der Waals surface area (Å²) in [6.07, 6.45) is 1.72. The first kappa shape index (κ1) is 14.8. The van der Waals surface area contributed by atoms with Gasteiger partial charge in [-0.3, -0.25) is 0 Å². The standard InChI is InChI=1S/C12H18N2O3S/c1-7(16-3)5-6-9-13-8(2)10(11(18)14-9)12(15)17-4/h7H,5-6H2,1-4H3,(H,13,14,18). The number of aromatic amines is 1. The van der Waals surface area contributed by atoms with Crippen LogP contribution in [0.1, 0.15) is 35.2 Å². The number of hydrogen-bond acceptors (Lipinski definition) is 5. The molecule has 18 heavy (non-hydrogen) atoms. The Labute approximate surface area is 112 Å². The summed E-state index contributed by atoms with van der Waals surface area (Å²) in [4.78, 5) is 18.8. The number of aryl methyl sites for hydroxylation is 2. The van der Waals surface area contributed by atoms with E-state index in [4.69, 9.17) is 17.0 Å². The van der Waals surface area contributed by atoms with Crippen molar-refractivity contribution in [2.75, 3.05) is 14.2 Å². The molecule has 0 aliphatic heterocycles. The lowest BCUT2D eigenvalue weighted by atomic mass is 10.2. The molecular weight excluding hydrogens is 252 g/mol. The molecular formula is C12H18N2O3S. The molecule has 1 rings (SSSR count). The van der Waals surface area contributed by atoms with Gasteiger partial charge in [0.05, 0.1) is 13.2 Å². The van der Waals surface area contributed by atoms with Gasteiger partial charge in [-0.25, -0.2) is 9.78 Å². The fraction of sp³-hybridized carbons (Fsp3) is 0.583. The van der Waals surface area contributed by atoms with Crippen molar-refractivity contribution in [3.63, 3.8) is 0 Å². The van der Waals surface area contributed by atoms with E-state index in [2.05, 4.69) is 14.7 Å². The summed E-state index contributed by atoms with van der Waals surface area (Å²) < 4.78 is 10.1. The molecule has 0 aliphatic carbocycles. The molecule has 1 aromatic heterocycles. The van der Waals surface area contributed by atoms with Crippen molar-refractivity contribution in [2.45, 2.75) is 32.8 Å². The highest BCUT2D eigenvalue weighted by molar-refractivity contribution is 7.71. The lowest BCUT2D eigenvalue weighted by Crippen LogP contribution is -2.12. The molecule has 1 aromatic rings. The molecule has 1 atom stereocenters. The fourth-order valence-electron chi connectivity index (χ4n) is 1.56. The number of carbonyl (C=O) groups is 1. The van der Waals surface area contributed by atoms with Crippen LogP contribution >= 0.6 is 12.2 Å². The van der Waals surface area contributed by atoms with Crippen LogP contribution in [0.3, 0.4) is 0 Å². The van der Waals surface area contributed by atoms with E-state index in [0.29, 0.717) is 11.3 Å². The molecule has 0 saturated heterocycles. The number of rotatable bonds is 5. The van der Waals surface area contributed by atoms with Crippen LogP contribution in [0, 0.1) is 11.6 Å². The maximum absolute atomic E-state index is 11.5. The average Bonchev–Trinajstić information content (AvgIpc) is 2.34. The number of hydrogen-bond donors (Lipinski definition) is 1. The van der Waals surface area contributed by atoms with E-state index in [9.17, 15) is 4.79 Å². The number of nitrogens with zero attached hydrogens (tertiary/aromatic N) is 1. The van der Waals surface area contributed by atoms with Gasteiger partial charge in [0.25, 0.3) is 0 Å². The second kappa shape index (κ2) is 6.61. The molecule has 0 saturated carbocycles. The van der Waals surface area contributed by atoms with Crippen LogP contribution in [-0.4, -0.2) is 36.3 Å². The van der Waals surface area contributed by atoms with Gasteiger partial charge in [-0.05, 0) is 20.3 Å². The summed E-state index contributed by atoms with van der Waals surface area (Å²) in [5.74, 6) is 0.298. The summed E-state index contributed by atoms with van der Waals surface area (Å²) in [6, 6.07) is 0. The zero-order valence-electron chi connectivity index (χ0n) is 11.1. The number of carbonyl (C=O) groups excluding carboxylic acids is 1. The van der Waals surface area contributed by atoms with Gasteiger partial charge in [0.1, 0.15) is 16.0 Å². The van der Waals surface area contributed by atoms with Crippen LogP contribution in [0.2, 0.25) is 0 Å². The van der Waals surface area contributed by atoms with Crippen molar-refractivity contribution in [1.82, 2.24) is 9.97 Å². The third-order valence-corrected chi connectivity index (χ3v) is 3.03. The smallest absolute Gasteiger partial charge is 0.342 e. The van der Waals surface area contributed by atoms with Gasteiger partial charge < -0.3 is 14.5 Å². The maximum Gasteiger partial charge on any atom is 0.342 e. The SMILES string of the molecule is COC(=O)c1c(C)[nH]c(CCC(C)OC)nc1=S. The fourth-order valence-corrected chi connectivity index (χ4v) is 1.91. The van der Waals surface area contributed by atoms with Crippen molar-refractivity contribution in [1.29, 1.82) is 0 Å². The van der Waals surface area contributed by atoms with Crippen LogP contribution in [0.4, 0.5) is 0 Å². The molecule has 1 N–H and O–H groups in total. The number of H-pyrrole nitrogens is 1. The number of ether oxygens (including phenoxy) is 2. The molecule has 1 heterocycles. The summed E-state index contributed by atoms with van der Waals surface area (Å²) in [5.41, 5.74) is 1.01. The monoisotopic (exact) mass is 270 g/mol. The van der Waals surface area contributed by atoms with Gasteiger partial charge in [-0.15, -0.1) is 0 Å². The van der Waals surface area contributed by atoms with Gasteiger partial charge in [-0.1, -0.05) is 12.2 Å². The van der Waals surface area contributed by atoms with Crippen LogP contribution < -0.4 is 0 Å². The molecule has 0 fully saturated rings. The van der Waals surface area contributed by atoms with Crippen molar-refractivity contribution in [2.24, 2.45) is 0 Å². The van der Waals surface area contributed by atoms with E-state index < -0.39 is 5.97 Å². The van der Waals surface area contributed by atoms with Crippen LogP contribution in [0.25, 0.3) is 0 Å². The van der Waals surface area contributed by atoms with Crippen molar-refractivity contribution in [3.05, 3.63) is 21.7 Å². The predicted molar refractivity (Wildman–Crippen MR) is 70.3 cm³/mol. The first-order chi connectivity index (χ1) is 8.49. The Morgan fingerprint density at radius 3 is 2.67 bits per heavy atom. The first-order valence-corrected chi connectivity index (χ1v) is 6.11. The molecule has 0 aromatic carbocycles. The normalized spacial score (nSPS) is 12.2. The van der Waals surface area contributed by atoms with Crippen LogP contribution in [0.15, 0.2) is 0 Å². The first-order valence-electron chi connectivity index (χ1n) is 5.70. The number of aromatic nitrogens is 2. The number of nitrogens with one attached hydrogen (secondary N) is 1. The zero-order valence-corrected chi connectivity index (χ0v) is 11.9.